The van der Waals surface area contributed by atoms with Gasteiger partial charge in [-0.05, 0) is 86.0 Å². The summed E-state index contributed by atoms with van der Waals surface area (Å²) in [6, 6.07) is 82.2. The first-order chi connectivity index (χ1) is 30.7. The molecule has 3 nitrogen and oxygen atoms in total. The fraction of sp³-hybridized carbons (Fsp3) is 0.0169. The van der Waals surface area contributed by atoms with Gasteiger partial charge in [0.15, 0.2) is 5.82 Å². The summed E-state index contributed by atoms with van der Waals surface area (Å²) < 4.78 is 6.24. The lowest BCUT2D eigenvalue weighted by Gasteiger charge is -2.34. The molecule has 0 saturated carbocycles. The van der Waals surface area contributed by atoms with E-state index in [1.165, 1.54) is 38.9 Å². The van der Waals surface area contributed by atoms with Crippen LogP contribution >= 0.6 is 0 Å². The van der Waals surface area contributed by atoms with Gasteiger partial charge in [-0.15, -0.1) is 0 Å². The van der Waals surface area contributed by atoms with Crippen molar-refractivity contribution in [3.05, 3.63) is 253 Å². The van der Waals surface area contributed by atoms with E-state index in [1.54, 1.807) is 0 Å². The normalized spacial score (nSPS) is 12.6. The highest BCUT2D eigenvalue weighted by atomic mass is 16.3. The van der Waals surface area contributed by atoms with Crippen molar-refractivity contribution in [2.75, 3.05) is 0 Å². The predicted molar refractivity (Wildman–Crippen MR) is 254 cm³/mol. The summed E-state index contributed by atoms with van der Waals surface area (Å²) in [5.74, 6) is 0.678. The lowest BCUT2D eigenvalue weighted by molar-refractivity contribution is 0.669. The molecule has 0 fully saturated rings. The Morgan fingerprint density at radius 2 is 0.806 bits per heavy atom. The fourth-order valence-electron chi connectivity index (χ4n) is 9.66. The monoisotopic (exact) mass is 790 g/mol. The highest BCUT2D eigenvalue weighted by Crippen LogP contribution is 2.56. The van der Waals surface area contributed by atoms with Crippen molar-refractivity contribution in [2.45, 2.75) is 5.41 Å². The number of nitrogens with zero attached hydrogens (tertiary/aromatic N) is 2. The Kier molecular flexibility index (Phi) is 8.39. The average molecular weight is 791 g/mol. The van der Waals surface area contributed by atoms with E-state index in [9.17, 15) is 0 Å². The summed E-state index contributed by atoms with van der Waals surface area (Å²) in [7, 11) is 0. The highest BCUT2D eigenvalue weighted by molar-refractivity contribution is 6.06. The van der Waals surface area contributed by atoms with Crippen molar-refractivity contribution in [3.63, 3.8) is 0 Å². The molecule has 1 aliphatic rings. The lowest BCUT2D eigenvalue weighted by Crippen LogP contribution is -2.28. The number of furan rings is 1. The maximum atomic E-state index is 6.24. The van der Waals surface area contributed by atoms with E-state index in [0.717, 1.165) is 66.7 Å². The Morgan fingerprint density at radius 3 is 1.53 bits per heavy atom. The average Bonchev–Trinajstić information content (AvgIpc) is 3.88. The highest BCUT2D eigenvalue weighted by Gasteiger charge is 2.46. The minimum absolute atomic E-state index is 0.516. The van der Waals surface area contributed by atoms with Gasteiger partial charge >= 0.3 is 0 Å². The Labute approximate surface area is 360 Å². The van der Waals surface area contributed by atoms with E-state index >= 15 is 0 Å². The zero-order chi connectivity index (χ0) is 41.0. The molecule has 0 bridgehead atoms. The Morgan fingerprint density at radius 1 is 0.306 bits per heavy atom. The van der Waals surface area contributed by atoms with E-state index in [2.05, 4.69) is 212 Å². The standard InChI is InChI=1S/C59H38N2O/c1-4-14-39(15-5-1)40-26-30-43(31-27-40)58-60-54(42-28-24-41(25-29-42)44-32-35-51-50-21-11-13-23-56(50)62-57(51)37-44)38-55(61-58)45-33-34-49-48-20-10-12-22-52(48)59(53(49)36-45,46-16-6-2-7-17-46)47-18-8-3-9-19-47/h1-38H. The van der Waals surface area contributed by atoms with Crippen LogP contribution in [0.15, 0.2) is 235 Å². The molecule has 11 aromatic rings. The third-order valence-corrected chi connectivity index (χ3v) is 12.6. The number of aromatic nitrogens is 2. The summed E-state index contributed by atoms with van der Waals surface area (Å²) in [6.45, 7) is 0. The van der Waals surface area contributed by atoms with E-state index in [4.69, 9.17) is 14.4 Å². The van der Waals surface area contributed by atoms with Crippen molar-refractivity contribution in [3.8, 4) is 67.3 Å². The third kappa shape index (κ3) is 5.82. The molecule has 2 aromatic heterocycles. The van der Waals surface area contributed by atoms with Gasteiger partial charge in [-0.1, -0.05) is 200 Å². The summed E-state index contributed by atoms with van der Waals surface area (Å²) in [5, 5.41) is 2.26. The van der Waals surface area contributed by atoms with Crippen molar-refractivity contribution in [1.29, 1.82) is 0 Å². The quantitative estimate of drug-likeness (QED) is 0.161. The van der Waals surface area contributed by atoms with Crippen LogP contribution in [0.5, 0.6) is 0 Å². The van der Waals surface area contributed by atoms with Crippen LogP contribution in [-0.2, 0) is 5.41 Å². The van der Waals surface area contributed by atoms with E-state index < -0.39 is 5.41 Å². The molecule has 1 aliphatic carbocycles. The maximum absolute atomic E-state index is 6.24. The lowest BCUT2D eigenvalue weighted by atomic mass is 9.67. The van der Waals surface area contributed by atoms with Gasteiger partial charge in [0.2, 0.25) is 0 Å². The topological polar surface area (TPSA) is 38.9 Å². The van der Waals surface area contributed by atoms with Gasteiger partial charge in [0.1, 0.15) is 11.2 Å². The molecule has 0 unspecified atom stereocenters. The molecule has 9 aromatic carbocycles. The first kappa shape index (κ1) is 35.8. The van der Waals surface area contributed by atoms with Gasteiger partial charge in [0, 0.05) is 27.5 Å². The second-order valence-corrected chi connectivity index (χ2v) is 16.1. The molecular formula is C59H38N2O. The second-order valence-electron chi connectivity index (χ2n) is 16.1. The van der Waals surface area contributed by atoms with E-state index in [0.29, 0.717) is 5.82 Å². The third-order valence-electron chi connectivity index (χ3n) is 12.6. The van der Waals surface area contributed by atoms with Crippen LogP contribution in [0.2, 0.25) is 0 Å². The molecule has 290 valence electrons. The zero-order valence-electron chi connectivity index (χ0n) is 33.7. The van der Waals surface area contributed by atoms with Gasteiger partial charge in [0.25, 0.3) is 0 Å². The molecule has 2 heterocycles. The molecule has 12 rings (SSSR count). The largest absolute Gasteiger partial charge is 0.456 e. The minimum Gasteiger partial charge on any atom is -0.456 e. The number of hydrogen-bond acceptors (Lipinski definition) is 3. The second kappa shape index (κ2) is 14.5. The van der Waals surface area contributed by atoms with Crippen molar-refractivity contribution in [1.82, 2.24) is 9.97 Å². The van der Waals surface area contributed by atoms with Crippen LogP contribution in [0.1, 0.15) is 22.3 Å². The Hall–Kier alpha value is -8.14. The van der Waals surface area contributed by atoms with Gasteiger partial charge in [-0.2, -0.15) is 0 Å². The van der Waals surface area contributed by atoms with E-state index in [-0.39, 0.29) is 0 Å². The molecular weight excluding hydrogens is 753 g/mol. The van der Waals surface area contributed by atoms with Gasteiger partial charge < -0.3 is 4.42 Å². The first-order valence-corrected chi connectivity index (χ1v) is 21.1. The molecule has 62 heavy (non-hydrogen) atoms. The van der Waals surface area contributed by atoms with Gasteiger partial charge in [-0.25, -0.2) is 9.97 Å². The number of benzene rings is 9. The fourth-order valence-corrected chi connectivity index (χ4v) is 9.66. The summed E-state index contributed by atoms with van der Waals surface area (Å²) in [6.07, 6.45) is 0. The Balaban J connectivity index is 1.01. The van der Waals surface area contributed by atoms with Crippen LogP contribution < -0.4 is 0 Å². The molecule has 0 saturated heterocycles. The molecule has 0 N–H and O–H groups in total. The number of para-hydroxylation sites is 1. The van der Waals surface area contributed by atoms with Crippen LogP contribution in [0.4, 0.5) is 0 Å². The number of hydrogen-bond donors (Lipinski definition) is 0. The molecule has 3 heteroatoms. The van der Waals surface area contributed by atoms with Crippen LogP contribution in [0.25, 0.3) is 89.2 Å². The van der Waals surface area contributed by atoms with Crippen LogP contribution in [0.3, 0.4) is 0 Å². The summed E-state index contributed by atoms with van der Waals surface area (Å²) in [5.41, 5.74) is 18.0. The minimum atomic E-state index is -0.516. The SMILES string of the molecule is c1ccc(-c2ccc(-c3nc(-c4ccc(-c5ccc6c(c5)oc5ccccc56)cc4)cc(-c4ccc5c(c4)C(c4ccccc4)(c4ccccc4)c4ccccc4-5)n3)cc2)cc1. The zero-order valence-corrected chi connectivity index (χ0v) is 33.7. The number of fused-ring (bicyclic) bond motifs is 6. The first-order valence-electron chi connectivity index (χ1n) is 21.1. The van der Waals surface area contributed by atoms with Crippen molar-refractivity contribution in [2.24, 2.45) is 0 Å². The summed E-state index contributed by atoms with van der Waals surface area (Å²) in [4.78, 5) is 10.6. The smallest absolute Gasteiger partial charge is 0.160 e. The maximum Gasteiger partial charge on any atom is 0.160 e. The van der Waals surface area contributed by atoms with Crippen LogP contribution in [0, 0.1) is 0 Å². The van der Waals surface area contributed by atoms with Crippen molar-refractivity contribution >= 4 is 21.9 Å². The number of rotatable bonds is 7. The molecule has 0 spiro atoms. The molecule has 0 amide bonds. The van der Waals surface area contributed by atoms with Gasteiger partial charge in [-0.3, -0.25) is 0 Å². The van der Waals surface area contributed by atoms with Crippen LogP contribution in [-0.4, -0.2) is 9.97 Å². The molecule has 0 aliphatic heterocycles. The molecule has 0 radical (unpaired) electrons. The van der Waals surface area contributed by atoms with E-state index in [1.807, 2.05) is 18.2 Å². The summed E-state index contributed by atoms with van der Waals surface area (Å²) >= 11 is 0. The Bertz CT molecular complexity index is 3390. The molecule has 0 atom stereocenters. The predicted octanol–water partition coefficient (Wildman–Crippen LogP) is 15.1. The van der Waals surface area contributed by atoms with Gasteiger partial charge in [0.05, 0.1) is 16.8 Å². The van der Waals surface area contributed by atoms with Crippen molar-refractivity contribution < 1.29 is 4.42 Å².